The molecule has 2 aromatic rings. The van der Waals surface area contributed by atoms with E-state index in [1.807, 2.05) is 33.1 Å². The van der Waals surface area contributed by atoms with Crippen LogP contribution in [0.15, 0.2) is 10.5 Å². The number of nitrogens with zero attached hydrogens (tertiary/aromatic N) is 5. The fraction of sp³-hybridized carbons (Fsp3) is 0.545. The van der Waals surface area contributed by atoms with Gasteiger partial charge in [-0.1, -0.05) is 11.8 Å². The number of rotatable bonds is 4. The topological polar surface area (TPSA) is 85.6 Å². The van der Waals surface area contributed by atoms with Crippen molar-refractivity contribution < 1.29 is 4.79 Å². The number of aryl methyl sites for hydroxylation is 1. The number of thioether (sulfide) groups is 1. The number of tetrazole rings is 1. The van der Waals surface area contributed by atoms with Gasteiger partial charge in [0.25, 0.3) is 0 Å². The number of nitrogens with one attached hydrogen (secondary N) is 1. The maximum Gasteiger partial charge on any atom is 0.236 e. The van der Waals surface area contributed by atoms with Crippen molar-refractivity contribution in [1.82, 2.24) is 25.2 Å². The Balaban J connectivity index is 1.92. The fourth-order valence-electron chi connectivity index (χ4n) is 1.39. The molecule has 0 radical (unpaired) electrons. The maximum absolute atomic E-state index is 11.8. The first-order chi connectivity index (χ1) is 9.36. The molecule has 0 saturated heterocycles. The monoisotopic (exact) mass is 312 g/mol. The van der Waals surface area contributed by atoms with Crippen molar-refractivity contribution in [1.29, 1.82) is 0 Å². The van der Waals surface area contributed by atoms with E-state index >= 15 is 0 Å². The normalized spacial score (nSPS) is 11.6. The lowest BCUT2D eigenvalue weighted by Crippen LogP contribution is -2.24. The molecule has 0 bridgehead atoms. The van der Waals surface area contributed by atoms with Crippen LogP contribution in [-0.2, 0) is 10.3 Å². The van der Waals surface area contributed by atoms with Crippen molar-refractivity contribution >= 4 is 34.1 Å². The van der Waals surface area contributed by atoms with Crippen molar-refractivity contribution in [3.8, 4) is 0 Å². The average molecular weight is 312 g/mol. The minimum Gasteiger partial charge on any atom is -0.301 e. The molecule has 0 aliphatic heterocycles. The predicted molar refractivity (Wildman–Crippen MR) is 79.0 cm³/mol. The number of aromatic nitrogens is 5. The summed E-state index contributed by atoms with van der Waals surface area (Å²) >= 11 is 2.72. The van der Waals surface area contributed by atoms with Crippen LogP contribution in [0.4, 0.5) is 5.13 Å². The maximum atomic E-state index is 11.8. The van der Waals surface area contributed by atoms with Crippen LogP contribution in [0.25, 0.3) is 0 Å². The lowest BCUT2D eigenvalue weighted by Gasteiger charge is -2.19. The van der Waals surface area contributed by atoms with Gasteiger partial charge in [0, 0.05) is 5.38 Å². The van der Waals surface area contributed by atoms with Crippen molar-refractivity contribution in [2.24, 2.45) is 0 Å². The lowest BCUT2D eigenvalue weighted by molar-refractivity contribution is -0.113. The molecule has 0 aliphatic rings. The lowest BCUT2D eigenvalue weighted by atomic mass is 10.1. The quantitative estimate of drug-likeness (QED) is 0.868. The summed E-state index contributed by atoms with van der Waals surface area (Å²) in [5.41, 5.74) is 0.684. The summed E-state index contributed by atoms with van der Waals surface area (Å²) in [5, 5.41) is 17.4. The Kier molecular flexibility index (Phi) is 4.39. The first-order valence-corrected chi connectivity index (χ1v) is 7.86. The summed E-state index contributed by atoms with van der Waals surface area (Å²) in [6, 6.07) is 0. The fourth-order valence-corrected chi connectivity index (χ4v) is 2.95. The number of anilines is 1. The highest BCUT2D eigenvalue weighted by Crippen LogP contribution is 2.22. The molecule has 2 heterocycles. The van der Waals surface area contributed by atoms with Crippen LogP contribution in [-0.4, -0.2) is 36.9 Å². The number of hydrogen-bond acceptors (Lipinski definition) is 7. The zero-order valence-corrected chi connectivity index (χ0v) is 13.4. The SMILES string of the molecule is Cc1csc(NC(=O)CSc2nnnn2C(C)(C)C)n1. The van der Waals surface area contributed by atoms with Gasteiger partial charge in [-0.2, -0.15) is 0 Å². The van der Waals surface area contributed by atoms with E-state index in [-0.39, 0.29) is 17.2 Å². The van der Waals surface area contributed by atoms with E-state index < -0.39 is 0 Å². The van der Waals surface area contributed by atoms with Crippen LogP contribution in [0.2, 0.25) is 0 Å². The van der Waals surface area contributed by atoms with Crippen LogP contribution in [0.3, 0.4) is 0 Å². The minimum atomic E-state index is -0.214. The molecule has 108 valence electrons. The summed E-state index contributed by atoms with van der Waals surface area (Å²) in [6.45, 7) is 7.90. The number of amides is 1. The average Bonchev–Trinajstić information content (AvgIpc) is 2.94. The van der Waals surface area contributed by atoms with Gasteiger partial charge >= 0.3 is 0 Å². The van der Waals surface area contributed by atoms with Gasteiger partial charge in [0.05, 0.1) is 17.0 Å². The van der Waals surface area contributed by atoms with Gasteiger partial charge in [0.1, 0.15) is 0 Å². The standard InChI is InChI=1S/C11H16N6OS2/c1-7-5-19-9(12-7)13-8(18)6-20-10-14-15-16-17(10)11(2,3)4/h5H,6H2,1-4H3,(H,12,13,18). The summed E-state index contributed by atoms with van der Waals surface area (Å²) in [7, 11) is 0. The Labute approximate surface area is 125 Å². The van der Waals surface area contributed by atoms with Crippen molar-refractivity contribution in [3.63, 3.8) is 0 Å². The Morgan fingerprint density at radius 2 is 2.25 bits per heavy atom. The highest BCUT2D eigenvalue weighted by Gasteiger charge is 2.20. The number of thiazole rings is 1. The molecule has 0 unspecified atom stereocenters. The second kappa shape index (κ2) is 5.88. The zero-order chi connectivity index (χ0) is 14.8. The van der Waals surface area contributed by atoms with Gasteiger partial charge in [0.15, 0.2) is 5.13 Å². The highest BCUT2D eigenvalue weighted by molar-refractivity contribution is 7.99. The van der Waals surface area contributed by atoms with Gasteiger partial charge < -0.3 is 5.32 Å². The third-order valence-electron chi connectivity index (χ3n) is 2.27. The van der Waals surface area contributed by atoms with Crippen LogP contribution in [0.5, 0.6) is 0 Å². The van der Waals surface area contributed by atoms with E-state index in [4.69, 9.17) is 0 Å². The third-order valence-corrected chi connectivity index (χ3v) is 4.07. The molecular weight excluding hydrogens is 296 g/mol. The smallest absolute Gasteiger partial charge is 0.236 e. The van der Waals surface area contributed by atoms with E-state index in [1.54, 1.807) is 4.68 Å². The molecule has 0 aromatic carbocycles. The summed E-state index contributed by atoms with van der Waals surface area (Å²) < 4.78 is 1.71. The molecule has 0 atom stereocenters. The molecule has 7 nitrogen and oxygen atoms in total. The molecule has 1 amide bonds. The highest BCUT2D eigenvalue weighted by atomic mass is 32.2. The van der Waals surface area contributed by atoms with Crippen molar-refractivity contribution in [2.45, 2.75) is 38.4 Å². The first kappa shape index (κ1) is 14.9. The molecule has 0 aliphatic carbocycles. The summed E-state index contributed by atoms with van der Waals surface area (Å²) in [6.07, 6.45) is 0. The molecule has 9 heteroatoms. The molecule has 2 aromatic heterocycles. The van der Waals surface area contributed by atoms with E-state index in [2.05, 4.69) is 25.8 Å². The third kappa shape index (κ3) is 3.76. The molecule has 20 heavy (non-hydrogen) atoms. The number of hydrogen-bond donors (Lipinski definition) is 1. The van der Waals surface area contributed by atoms with Crippen LogP contribution in [0, 0.1) is 6.92 Å². The predicted octanol–water partition coefficient (Wildman–Crippen LogP) is 1.92. The van der Waals surface area contributed by atoms with Gasteiger partial charge in [-0.05, 0) is 38.1 Å². The largest absolute Gasteiger partial charge is 0.301 e. The summed E-state index contributed by atoms with van der Waals surface area (Å²) in [4.78, 5) is 16.0. The van der Waals surface area contributed by atoms with Crippen LogP contribution in [0.1, 0.15) is 26.5 Å². The van der Waals surface area contributed by atoms with E-state index in [0.717, 1.165) is 5.69 Å². The van der Waals surface area contributed by atoms with Gasteiger partial charge in [-0.25, -0.2) is 9.67 Å². The Morgan fingerprint density at radius 1 is 1.50 bits per heavy atom. The van der Waals surface area contributed by atoms with Crippen LogP contribution < -0.4 is 5.32 Å². The van der Waals surface area contributed by atoms with Gasteiger partial charge in [-0.3, -0.25) is 4.79 Å². The van der Waals surface area contributed by atoms with E-state index in [0.29, 0.717) is 10.3 Å². The first-order valence-electron chi connectivity index (χ1n) is 6.00. The minimum absolute atomic E-state index is 0.118. The van der Waals surface area contributed by atoms with E-state index in [9.17, 15) is 4.79 Å². The van der Waals surface area contributed by atoms with Crippen molar-refractivity contribution in [2.75, 3.05) is 11.1 Å². The zero-order valence-electron chi connectivity index (χ0n) is 11.7. The molecular formula is C11H16N6OS2. The molecule has 0 saturated carbocycles. The number of carbonyl (C=O) groups excluding carboxylic acids is 1. The Morgan fingerprint density at radius 3 is 2.85 bits per heavy atom. The Bertz CT molecular complexity index is 600. The van der Waals surface area contributed by atoms with Crippen LogP contribution >= 0.6 is 23.1 Å². The molecule has 0 spiro atoms. The van der Waals surface area contributed by atoms with E-state index in [1.165, 1.54) is 23.1 Å². The second-order valence-corrected chi connectivity index (χ2v) is 6.98. The Hall–Kier alpha value is -1.48. The van der Waals surface area contributed by atoms with Gasteiger partial charge in [0.2, 0.25) is 11.1 Å². The summed E-state index contributed by atoms with van der Waals surface area (Å²) in [5.74, 6) is 0.127. The van der Waals surface area contributed by atoms with Gasteiger partial charge in [-0.15, -0.1) is 16.4 Å². The molecule has 0 fully saturated rings. The number of carbonyl (C=O) groups is 1. The molecule has 1 N–H and O–H groups in total. The molecule has 2 rings (SSSR count). The van der Waals surface area contributed by atoms with Crippen molar-refractivity contribution in [3.05, 3.63) is 11.1 Å². The second-order valence-electron chi connectivity index (χ2n) is 5.17.